The molecule has 0 amide bonds. The summed E-state index contributed by atoms with van der Waals surface area (Å²) in [7, 11) is 0. The highest BCUT2D eigenvalue weighted by molar-refractivity contribution is 5.59. The fourth-order valence-electron chi connectivity index (χ4n) is 2.52. The molecular weight excluding hydrogens is 269 g/mol. The molecule has 4 nitrogen and oxygen atoms in total. The van der Waals surface area contributed by atoms with Gasteiger partial charge in [0.15, 0.2) is 0 Å². The predicted octanol–water partition coefficient (Wildman–Crippen LogP) is 2.59. The van der Waals surface area contributed by atoms with Crippen molar-refractivity contribution in [2.45, 2.75) is 39.1 Å². The summed E-state index contributed by atoms with van der Waals surface area (Å²) in [6, 6.07) is 6.97. The molecule has 0 radical (unpaired) electrons. The van der Waals surface area contributed by atoms with Crippen molar-refractivity contribution in [2.24, 2.45) is 0 Å². The van der Waals surface area contributed by atoms with Crippen molar-refractivity contribution in [1.29, 1.82) is 0 Å². The van der Waals surface area contributed by atoms with Gasteiger partial charge in [-0.05, 0) is 29.8 Å². The Morgan fingerprint density at radius 2 is 2.14 bits per heavy atom. The van der Waals surface area contributed by atoms with E-state index < -0.39 is 0 Å². The Morgan fingerprint density at radius 3 is 2.86 bits per heavy atom. The number of aromatic nitrogens is 2. The van der Waals surface area contributed by atoms with Gasteiger partial charge < -0.3 is 14.6 Å². The number of rotatable bonds is 4. The van der Waals surface area contributed by atoms with Crippen LogP contribution in [-0.2, 0) is 17.9 Å². The molecule has 1 aliphatic rings. The van der Waals surface area contributed by atoms with Crippen LogP contribution < -0.4 is 5.32 Å². The average Bonchev–Trinajstić information content (AvgIpc) is 2.89. The molecule has 1 aromatic carbocycles. The molecule has 112 valence electrons. The van der Waals surface area contributed by atoms with Gasteiger partial charge in [0.05, 0.1) is 24.5 Å². The highest BCUT2D eigenvalue weighted by Crippen LogP contribution is 2.25. The molecule has 3 rings (SSSR count). The maximum atomic E-state index is 13.1. The molecule has 0 bridgehead atoms. The molecule has 0 saturated carbocycles. The van der Waals surface area contributed by atoms with Crippen molar-refractivity contribution in [1.82, 2.24) is 14.9 Å². The van der Waals surface area contributed by atoms with Gasteiger partial charge in [0, 0.05) is 12.6 Å². The maximum absolute atomic E-state index is 13.1. The fraction of sp³-hybridized carbons (Fsp3) is 0.438. The van der Waals surface area contributed by atoms with E-state index in [0.29, 0.717) is 12.6 Å². The van der Waals surface area contributed by atoms with Crippen LogP contribution in [0.5, 0.6) is 0 Å². The zero-order chi connectivity index (χ0) is 14.8. The Balaban J connectivity index is 1.80. The van der Waals surface area contributed by atoms with Crippen LogP contribution in [0.2, 0.25) is 0 Å². The molecule has 21 heavy (non-hydrogen) atoms. The lowest BCUT2D eigenvalue weighted by Gasteiger charge is -2.27. The van der Waals surface area contributed by atoms with Gasteiger partial charge in [0.2, 0.25) is 0 Å². The molecule has 2 heterocycles. The lowest BCUT2D eigenvalue weighted by atomic mass is 10.1. The van der Waals surface area contributed by atoms with Crippen molar-refractivity contribution in [3.63, 3.8) is 0 Å². The number of nitrogens with zero attached hydrogens (tertiary/aromatic N) is 2. The first-order valence-corrected chi connectivity index (χ1v) is 7.29. The Morgan fingerprint density at radius 1 is 1.38 bits per heavy atom. The normalized spacial score (nSPS) is 18.0. The average molecular weight is 289 g/mol. The number of hydrogen-bond acceptors (Lipinski definition) is 3. The first-order valence-electron chi connectivity index (χ1n) is 7.29. The van der Waals surface area contributed by atoms with Crippen LogP contribution >= 0.6 is 0 Å². The molecule has 2 aromatic rings. The minimum absolute atomic E-state index is 0.133. The molecule has 0 fully saturated rings. The van der Waals surface area contributed by atoms with E-state index in [4.69, 9.17) is 4.74 Å². The third-order valence-corrected chi connectivity index (χ3v) is 3.67. The SMILES string of the molecule is CC(C)NC[C@H]1Cn2c(-c3ccc(F)cc3)cnc2CO1. The first-order chi connectivity index (χ1) is 10.1. The standard InChI is InChI=1S/C16H20FN3O/c1-11(2)18-7-14-9-20-15(8-19-16(20)10-21-14)12-3-5-13(17)6-4-12/h3-6,8,11,14,18H,7,9-10H2,1-2H3/t14-/m0/s1. The summed E-state index contributed by atoms with van der Waals surface area (Å²) in [6.45, 7) is 6.34. The van der Waals surface area contributed by atoms with Crippen LogP contribution in [-0.4, -0.2) is 28.2 Å². The topological polar surface area (TPSA) is 39.1 Å². The summed E-state index contributed by atoms with van der Waals surface area (Å²) in [5, 5.41) is 3.40. The van der Waals surface area contributed by atoms with Crippen LogP contribution in [0.4, 0.5) is 4.39 Å². The Kier molecular flexibility index (Phi) is 4.03. The molecule has 0 aliphatic carbocycles. The van der Waals surface area contributed by atoms with Gasteiger partial charge in [-0.15, -0.1) is 0 Å². The number of fused-ring (bicyclic) bond motifs is 1. The van der Waals surface area contributed by atoms with Gasteiger partial charge >= 0.3 is 0 Å². The second kappa shape index (κ2) is 5.95. The van der Waals surface area contributed by atoms with E-state index in [0.717, 1.165) is 30.2 Å². The van der Waals surface area contributed by atoms with Crippen molar-refractivity contribution in [3.05, 3.63) is 42.1 Å². The van der Waals surface area contributed by atoms with Crippen molar-refractivity contribution >= 4 is 0 Å². The Labute approximate surface area is 124 Å². The van der Waals surface area contributed by atoms with Crippen molar-refractivity contribution in [2.75, 3.05) is 6.54 Å². The Hall–Kier alpha value is -1.72. The minimum Gasteiger partial charge on any atom is -0.367 e. The molecule has 0 saturated heterocycles. The highest BCUT2D eigenvalue weighted by Gasteiger charge is 2.22. The lowest BCUT2D eigenvalue weighted by Crippen LogP contribution is -2.38. The summed E-state index contributed by atoms with van der Waals surface area (Å²) in [5.41, 5.74) is 2.00. The monoisotopic (exact) mass is 289 g/mol. The third kappa shape index (κ3) is 3.14. The fourth-order valence-corrected chi connectivity index (χ4v) is 2.52. The summed E-state index contributed by atoms with van der Waals surface area (Å²) in [6.07, 6.45) is 1.97. The first kappa shape index (κ1) is 14.2. The van der Waals surface area contributed by atoms with Gasteiger partial charge in [-0.2, -0.15) is 0 Å². The molecule has 1 N–H and O–H groups in total. The van der Waals surface area contributed by atoms with E-state index in [1.54, 1.807) is 12.1 Å². The van der Waals surface area contributed by atoms with Gasteiger partial charge in [0.1, 0.15) is 18.2 Å². The van der Waals surface area contributed by atoms with E-state index >= 15 is 0 Å². The molecule has 0 spiro atoms. The smallest absolute Gasteiger partial charge is 0.135 e. The molecular formula is C16H20FN3O. The predicted molar refractivity (Wildman–Crippen MR) is 79.3 cm³/mol. The summed E-state index contributed by atoms with van der Waals surface area (Å²) in [5.74, 6) is 0.703. The summed E-state index contributed by atoms with van der Waals surface area (Å²) < 4.78 is 21.0. The lowest BCUT2D eigenvalue weighted by molar-refractivity contribution is 0.00248. The summed E-state index contributed by atoms with van der Waals surface area (Å²) >= 11 is 0. The molecule has 0 unspecified atom stereocenters. The number of benzene rings is 1. The van der Waals surface area contributed by atoms with Gasteiger partial charge in [-0.1, -0.05) is 13.8 Å². The van der Waals surface area contributed by atoms with E-state index in [9.17, 15) is 4.39 Å². The number of hydrogen-bond donors (Lipinski definition) is 1. The van der Waals surface area contributed by atoms with E-state index in [2.05, 4.69) is 28.7 Å². The maximum Gasteiger partial charge on any atom is 0.135 e. The van der Waals surface area contributed by atoms with Crippen LogP contribution in [0.1, 0.15) is 19.7 Å². The van der Waals surface area contributed by atoms with Crippen LogP contribution in [0, 0.1) is 5.82 Å². The van der Waals surface area contributed by atoms with Gasteiger partial charge in [-0.3, -0.25) is 0 Å². The number of ether oxygens (including phenoxy) is 1. The second-order valence-electron chi connectivity index (χ2n) is 5.67. The third-order valence-electron chi connectivity index (χ3n) is 3.67. The largest absolute Gasteiger partial charge is 0.367 e. The molecule has 1 atom stereocenters. The second-order valence-corrected chi connectivity index (χ2v) is 5.67. The molecule has 1 aliphatic heterocycles. The van der Waals surface area contributed by atoms with Gasteiger partial charge in [-0.25, -0.2) is 9.37 Å². The number of halogens is 1. The molecule has 5 heteroatoms. The highest BCUT2D eigenvalue weighted by atomic mass is 19.1. The van der Waals surface area contributed by atoms with Crippen LogP contribution in [0.3, 0.4) is 0 Å². The number of nitrogens with one attached hydrogen (secondary N) is 1. The van der Waals surface area contributed by atoms with Crippen molar-refractivity contribution in [3.8, 4) is 11.3 Å². The van der Waals surface area contributed by atoms with Crippen LogP contribution in [0.25, 0.3) is 11.3 Å². The van der Waals surface area contributed by atoms with E-state index in [1.165, 1.54) is 12.1 Å². The van der Waals surface area contributed by atoms with E-state index in [1.807, 2.05) is 6.20 Å². The van der Waals surface area contributed by atoms with Crippen molar-refractivity contribution < 1.29 is 9.13 Å². The quantitative estimate of drug-likeness (QED) is 0.940. The molecule has 1 aromatic heterocycles. The van der Waals surface area contributed by atoms with E-state index in [-0.39, 0.29) is 11.9 Å². The van der Waals surface area contributed by atoms with Gasteiger partial charge in [0.25, 0.3) is 0 Å². The van der Waals surface area contributed by atoms with Crippen LogP contribution in [0.15, 0.2) is 30.5 Å². The minimum atomic E-state index is -0.223. The zero-order valence-electron chi connectivity index (χ0n) is 12.3. The summed E-state index contributed by atoms with van der Waals surface area (Å²) in [4.78, 5) is 4.41. The zero-order valence-corrected chi connectivity index (χ0v) is 12.3. The number of imidazole rings is 1. The Bertz CT molecular complexity index is 606.